The molecule has 18 heavy (non-hydrogen) atoms. The first-order valence-corrected chi connectivity index (χ1v) is 6.52. The van der Waals surface area contributed by atoms with Crippen LogP contribution in [0.4, 0.5) is 10.5 Å². The van der Waals surface area contributed by atoms with Gasteiger partial charge < -0.3 is 15.0 Å². The molecule has 4 nitrogen and oxygen atoms in total. The van der Waals surface area contributed by atoms with Crippen molar-refractivity contribution in [3.63, 3.8) is 0 Å². The molecule has 2 rings (SSSR count). The minimum atomic E-state index is -0.320. The second-order valence-corrected chi connectivity index (χ2v) is 4.39. The molecule has 1 aromatic rings. The Bertz CT molecular complexity index is 399. The van der Waals surface area contributed by atoms with Gasteiger partial charge >= 0.3 is 6.09 Å². The van der Waals surface area contributed by atoms with Gasteiger partial charge in [-0.2, -0.15) is 0 Å². The third kappa shape index (κ3) is 2.75. The molecule has 0 unspecified atom stereocenters. The van der Waals surface area contributed by atoms with E-state index in [1.165, 1.54) is 5.69 Å². The molecule has 1 aliphatic rings. The van der Waals surface area contributed by atoms with Gasteiger partial charge in [-0.05, 0) is 31.5 Å². The number of hydrogen-bond donors (Lipinski definition) is 1. The van der Waals surface area contributed by atoms with Gasteiger partial charge in [-0.15, -0.1) is 0 Å². The molecule has 0 saturated carbocycles. The van der Waals surface area contributed by atoms with E-state index in [-0.39, 0.29) is 12.1 Å². The zero-order valence-electron chi connectivity index (χ0n) is 11.0. The van der Waals surface area contributed by atoms with Crippen LogP contribution < -0.4 is 10.2 Å². The van der Waals surface area contributed by atoms with Crippen LogP contribution in [-0.4, -0.2) is 25.8 Å². The molecule has 1 aliphatic heterocycles. The van der Waals surface area contributed by atoms with Crippen LogP contribution in [0.25, 0.3) is 0 Å². The van der Waals surface area contributed by atoms with Crippen molar-refractivity contribution in [2.24, 2.45) is 0 Å². The van der Waals surface area contributed by atoms with Crippen LogP contribution in [-0.2, 0) is 4.74 Å². The minimum Gasteiger partial charge on any atom is -0.449 e. The molecule has 1 N–H and O–H groups in total. The zero-order valence-corrected chi connectivity index (χ0v) is 11.0. The van der Waals surface area contributed by atoms with Gasteiger partial charge in [-0.25, -0.2) is 4.79 Å². The molecule has 1 amide bonds. The lowest BCUT2D eigenvalue weighted by Gasteiger charge is -2.25. The molecule has 0 radical (unpaired) electrons. The summed E-state index contributed by atoms with van der Waals surface area (Å²) in [5.41, 5.74) is 2.37. The third-order valence-electron chi connectivity index (χ3n) is 3.36. The van der Waals surface area contributed by atoms with Crippen LogP contribution in [0.3, 0.4) is 0 Å². The van der Waals surface area contributed by atoms with Crippen LogP contribution in [0.1, 0.15) is 31.9 Å². The quantitative estimate of drug-likeness (QED) is 0.890. The van der Waals surface area contributed by atoms with Crippen LogP contribution >= 0.6 is 0 Å². The van der Waals surface area contributed by atoms with E-state index >= 15 is 0 Å². The molecule has 98 valence electrons. The lowest BCUT2D eigenvalue weighted by atomic mass is 10.0. The van der Waals surface area contributed by atoms with Gasteiger partial charge in [0.05, 0.1) is 12.6 Å². The Hall–Kier alpha value is -1.71. The summed E-state index contributed by atoms with van der Waals surface area (Å²) in [5, 5.41) is 2.83. The summed E-state index contributed by atoms with van der Waals surface area (Å²) in [7, 11) is 0. The predicted molar refractivity (Wildman–Crippen MR) is 71.8 cm³/mol. The normalized spacial score (nSPS) is 19.0. The molecular formula is C14H20N2O2. The fourth-order valence-electron chi connectivity index (χ4n) is 2.28. The topological polar surface area (TPSA) is 41.6 Å². The Kier molecular flexibility index (Phi) is 4.07. The van der Waals surface area contributed by atoms with E-state index in [4.69, 9.17) is 4.74 Å². The molecule has 0 spiro atoms. The number of alkyl carbamates (subject to hydrolysis) is 1. The number of hydrogen-bond acceptors (Lipinski definition) is 3. The number of anilines is 1. The molecule has 1 heterocycles. The second-order valence-electron chi connectivity index (χ2n) is 4.39. The van der Waals surface area contributed by atoms with E-state index < -0.39 is 0 Å². The van der Waals surface area contributed by atoms with Crippen molar-refractivity contribution in [2.45, 2.75) is 26.3 Å². The smallest absolute Gasteiger partial charge is 0.407 e. The Morgan fingerprint density at radius 2 is 1.94 bits per heavy atom. The number of carbonyl (C=O) groups is 1. The van der Waals surface area contributed by atoms with E-state index in [1.807, 2.05) is 0 Å². The summed E-state index contributed by atoms with van der Waals surface area (Å²) < 4.78 is 4.87. The van der Waals surface area contributed by atoms with Crippen molar-refractivity contribution in [3.05, 3.63) is 29.8 Å². The summed E-state index contributed by atoms with van der Waals surface area (Å²) in [4.78, 5) is 13.5. The zero-order chi connectivity index (χ0) is 13.0. The largest absolute Gasteiger partial charge is 0.449 e. The summed E-state index contributed by atoms with van der Waals surface area (Å²) >= 11 is 0. The number of cyclic esters (lactones) is 1. The molecule has 4 heteroatoms. The van der Waals surface area contributed by atoms with Gasteiger partial charge in [0.2, 0.25) is 0 Å². The molecule has 0 aromatic heterocycles. The minimum absolute atomic E-state index is 0.0806. The van der Waals surface area contributed by atoms with Crippen molar-refractivity contribution in [1.82, 2.24) is 5.32 Å². The van der Waals surface area contributed by atoms with Crippen molar-refractivity contribution in [3.8, 4) is 0 Å². The molecule has 1 aromatic carbocycles. The molecular weight excluding hydrogens is 228 g/mol. The summed E-state index contributed by atoms with van der Waals surface area (Å²) in [6, 6.07) is 8.49. The number of nitrogens with zero attached hydrogens (tertiary/aromatic N) is 1. The van der Waals surface area contributed by atoms with Gasteiger partial charge in [-0.1, -0.05) is 12.1 Å². The van der Waals surface area contributed by atoms with Crippen LogP contribution in [0, 0.1) is 0 Å². The lowest BCUT2D eigenvalue weighted by molar-refractivity contribution is 0.115. The maximum absolute atomic E-state index is 11.2. The highest BCUT2D eigenvalue weighted by molar-refractivity contribution is 5.68. The van der Waals surface area contributed by atoms with Gasteiger partial charge in [0.25, 0.3) is 0 Å². The highest BCUT2D eigenvalue weighted by atomic mass is 16.5. The van der Waals surface area contributed by atoms with Crippen LogP contribution in [0.2, 0.25) is 0 Å². The molecule has 1 atom stereocenters. The first-order valence-electron chi connectivity index (χ1n) is 6.52. The highest BCUT2D eigenvalue weighted by Crippen LogP contribution is 2.23. The number of rotatable bonds is 4. The van der Waals surface area contributed by atoms with Crippen molar-refractivity contribution in [2.75, 3.05) is 24.6 Å². The van der Waals surface area contributed by atoms with Crippen molar-refractivity contribution >= 4 is 11.8 Å². The standard InChI is InChI=1S/C14H20N2O2/c1-3-16(4-2)12-7-5-11(6-8-12)13-9-10-18-14(17)15-13/h5-8,13H,3-4,9-10H2,1-2H3,(H,15,17)/t13-/m0/s1. The number of ether oxygens (including phenoxy) is 1. The fourth-order valence-corrected chi connectivity index (χ4v) is 2.28. The van der Waals surface area contributed by atoms with Gasteiger partial charge in [0.1, 0.15) is 0 Å². The first-order chi connectivity index (χ1) is 8.74. The van der Waals surface area contributed by atoms with Crippen molar-refractivity contribution < 1.29 is 9.53 Å². The summed E-state index contributed by atoms with van der Waals surface area (Å²) in [6.07, 6.45) is 0.509. The third-order valence-corrected chi connectivity index (χ3v) is 3.36. The number of amides is 1. The van der Waals surface area contributed by atoms with E-state index in [2.05, 4.69) is 48.3 Å². The predicted octanol–water partition coefficient (Wildman–Crippen LogP) is 2.70. The van der Waals surface area contributed by atoms with Gasteiger partial charge in [0, 0.05) is 25.2 Å². The number of carbonyl (C=O) groups excluding carboxylic acids is 1. The maximum atomic E-state index is 11.2. The highest BCUT2D eigenvalue weighted by Gasteiger charge is 2.20. The van der Waals surface area contributed by atoms with Gasteiger partial charge in [-0.3, -0.25) is 0 Å². The second kappa shape index (κ2) is 5.76. The van der Waals surface area contributed by atoms with Crippen LogP contribution in [0.5, 0.6) is 0 Å². The lowest BCUT2D eigenvalue weighted by Crippen LogP contribution is -2.35. The molecule has 0 aliphatic carbocycles. The van der Waals surface area contributed by atoms with Crippen molar-refractivity contribution in [1.29, 1.82) is 0 Å². The summed E-state index contributed by atoms with van der Waals surface area (Å²) in [6.45, 7) is 6.80. The number of nitrogens with one attached hydrogen (secondary N) is 1. The monoisotopic (exact) mass is 248 g/mol. The fraction of sp³-hybridized carbons (Fsp3) is 0.500. The average Bonchev–Trinajstić information content (AvgIpc) is 2.41. The maximum Gasteiger partial charge on any atom is 0.407 e. The Balaban J connectivity index is 2.09. The van der Waals surface area contributed by atoms with E-state index in [9.17, 15) is 4.79 Å². The SMILES string of the molecule is CCN(CC)c1ccc([C@@H]2CCOC(=O)N2)cc1. The van der Waals surface area contributed by atoms with Crippen LogP contribution in [0.15, 0.2) is 24.3 Å². The van der Waals surface area contributed by atoms with E-state index in [1.54, 1.807) is 0 Å². The van der Waals surface area contributed by atoms with E-state index in [0.717, 1.165) is 25.1 Å². The molecule has 0 bridgehead atoms. The molecule has 1 fully saturated rings. The Morgan fingerprint density at radius 3 is 2.50 bits per heavy atom. The summed E-state index contributed by atoms with van der Waals surface area (Å²) in [5.74, 6) is 0. The Morgan fingerprint density at radius 1 is 1.28 bits per heavy atom. The first kappa shape index (κ1) is 12.7. The average molecular weight is 248 g/mol. The molecule has 1 saturated heterocycles. The van der Waals surface area contributed by atoms with E-state index in [0.29, 0.717) is 6.61 Å². The Labute approximate surface area is 108 Å². The van der Waals surface area contributed by atoms with Gasteiger partial charge in [0.15, 0.2) is 0 Å². The number of benzene rings is 1.